The molecule has 0 unspecified atom stereocenters. The van der Waals surface area contributed by atoms with Crippen LogP contribution in [0.3, 0.4) is 0 Å². The minimum Gasteiger partial charge on any atom is -0.200 e. The van der Waals surface area contributed by atoms with Gasteiger partial charge in [-0.15, -0.1) is 0 Å². The van der Waals surface area contributed by atoms with Crippen LogP contribution in [-0.2, 0) is 39.3 Å². The molecule has 4 heterocycles. The predicted octanol–water partition coefficient (Wildman–Crippen LogP) is 33.4. The zero-order valence-electron chi connectivity index (χ0n) is 95.2. The maximum Gasteiger partial charge on any atom is 0.220 e. The Morgan fingerprint density at radius 2 is 0.510 bits per heavy atom. The smallest absolute Gasteiger partial charge is 0.200 e. The van der Waals surface area contributed by atoms with Crippen molar-refractivity contribution in [1.82, 2.24) is 0 Å². The van der Waals surface area contributed by atoms with Crippen molar-refractivity contribution < 1.29 is 18.3 Å². The van der Waals surface area contributed by atoms with E-state index in [1.807, 2.05) is 0 Å². The molecule has 0 saturated carbocycles. The summed E-state index contributed by atoms with van der Waals surface area (Å²) in [7, 11) is 2.04. The van der Waals surface area contributed by atoms with E-state index < -0.39 is 32.3 Å². The summed E-state index contributed by atoms with van der Waals surface area (Å²) >= 11 is 0. The SMILES string of the molecule is Cc1cc(-c2c(C)cccc2C)ccc1-c1c2ccc([Si](C)(C)C(C)(C)c3ccccc3)cc2cc[n+]1C.Cc1cc(-c2c(C)cccc2C)ccc1-c1c2ccc([Si](C)(C)CC(C)(C)C)cc2cc[n+]1C.Cc1cc(-c2c(C)cccc2C)ccc1-c1c2ccc([Si](C)(C)Cc3ccccc3)cc2cc[n+]1C.Cc1cc(-c2c(C)cccc2C)ccc1-c1c2ccc([Si](CC(C)C)(CC(C)C)CC(C)C)cc2cc[n+]1C. The second-order valence-electron chi connectivity index (χ2n) is 48.4. The molecule has 0 aliphatic heterocycles. The van der Waals surface area contributed by atoms with E-state index in [1.54, 1.807) is 10.4 Å². The number of hydrogen-bond acceptors (Lipinski definition) is 0. The molecule has 0 bridgehead atoms. The van der Waals surface area contributed by atoms with Gasteiger partial charge in [0, 0.05) is 46.5 Å². The van der Waals surface area contributed by atoms with E-state index in [-0.39, 0.29) is 5.04 Å². The molecule has 0 amide bonds. The Bertz CT molecular complexity index is 7790. The summed E-state index contributed by atoms with van der Waals surface area (Å²) in [4.78, 5) is 0. The third-order valence-corrected chi connectivity index (χ3v) is 50.8. The fourth-order valence-corrected chi connectivity index (χ4v) is 40.9. The van der Waals surface area contributed by atoms with Crippen molar-refractivity contribution >= 4 is 96.1 Å². The number of aryl methyl sites for hydroxylation is 16. The predicted molar refractivity (Wildman–Crippen MR) is 650 cm³/mol. The van der Waals surface area contributed by atoms with Gasteiger partial charge < -0.3 is 0 Å². The van der Waals surface area contributed by atoms with Crippen molar-refractivity contribution in [3.05, 3.63) is 406 Å². The number of benzene rings is 14. The van der Waals surface area contributed by atoms with Crippen LogP contribution >= 0.6 is 0 Å². The lowest BCUT2D eigenvalue weighted by atomic mass is 9.92. The van der Waals surface area contributed by atoms with Crippen LogP contribution in [0.25, 0.3) is 133 Å². The monoisotopic (exact) mass is 2000 g/mol. The van der Waals surface area contributed by atoms with Gasteiger partial charge in [0.05, 0.1) is 53.8 Å². The van der Waals surface area contributed by atoms with Gasteiger partial charge in [0.2, 0.25) is 22.8 Å². The van der Waals surface area contributed by atoms with Crippen molar-refractivity contribution in [1.29, 1.82) is 0 Å². The van der Waals surface area contributed by atoms with E-state index in [0.717, 1.165) is 23.8 Å². The Kier molecular flexibility index (Phi) is 33.0. The van der Waals surface area contributed by atoms with Crippen LogP contribution in [-0.4, -0.2) is 32.3 Å². The minimum atomic E-state index is -1.85. The lowest BCUT2D eigenvalue weighted by Crippen LogP contribution is -2.57. The lowest BCUT2D eigenvalue weighted by molar-refractivity contribution is -0.659. The molecule has 0 atom stereocenters. The van der Waals surface area contributed by atoms with Crippen LogP contribution in [0.1, 0.15) is 154 Å². The second kappa shape index (κ2) is 44.6. The second-order valence-corrected chi connectivity index (χ2v) is 67.2. The summed E-state index contributed by atoms with van der Waals surface area (Å²) in [6.45, 7) is 68.2. The van der Waals surface area contributed by atoms with Gasteiger partial charge in [-0.3, -0.25) is 0 Å². The largest absolute Gasteiger partial charge is 0.220 e. The molecule has 8 heteroatoms. The lowest BCUT2D eigenvalue weighted by Gasteiger charge is -2.41. The number of pyridine rings is 4. The van der Waals surface area contributed by atoms with Crippen molar-refractivity contribution in [3.63, 3.8) is 0 Å². The normalized spacial score (nSPS) is 12.2. The molecule has 0 radical (unpaired) electrons. The highest BCUT2D eigenvalue weighted by atomic mass is 28.3. The average Bonchev–Trinajstić information content (AvgIpc) is 0.741. The number of rotatable bonds is 23. The standard InChI is InChI=1S/C37H50NSi.C36H40NSi.C34H36NSi.C32H40NSi/c1-25(2)22-39(23-26(3)4,24-27(5)6)33-15-17-35-31(21-33)18-19-38(10)37(35)34-16-14-32(20-30(34)9)36-28(7)12-11-13-29(36)8;1-25-13-12-14-26(2)34(25)29-17-19-32(27(3)23-29)35-33-20-18-31(24-28(33)21-22-37(35)6)38(7,8)36(4,5)30-15-10-9-11-16-30;1-24-11-10-12-25(2)33(24)29-15-17-31(26(3)21-29)34-32-18-16-30(22-28(32)19-20-35(34)4)36(5,6)23-27-13-8-7-9-14-27;1-22-11-10-12-23(2)30(22)26-13-15-28(24(3)19-26)31-29-16-14-27(20-25(29)17-18-33(31)7)34(8,9)21-32(4,5)6/h11-21,25-27H,22-24H2,1-10H3;9-24H,1-8H3;7-22H,23H2,1-6H3;10-20H,21H2,1-9H3/q4*+1. The molecule has 4 nitrogen and oxygen atoms in total. The van der Waals surface area contributed by atoms with Gasteiger partial charge in [-0.2, -0.15) is 0 Å². The molecule has 0 fully saturated rings. The molecule has 147 heavy (non-hydrogen) atoms. The molecule has 0 aliphatic rings. The van der Waals surface area contributed by atoms with E-state index in [0.29, 0.717) is 5.41 Å². The van der Waals surface area contributed by atoms with Gasteiger partial charge in [-0.05, 0) is 310 Å². The van der Waals surface area contributed by atoms with Crippen molar-refractivity contribution in [2.45, 2.75) is 234 Å². The molecule has 0 aliphatic carbocycles. The van der Waals surface area contributed by atoms with Gasteiger partial charge in [0.15, 0.2) is 24.8 Å². The first kappa shape index (κ1) is 109. The first-order chi connectivity index (χ1) is 69.5. The van der Waals surface area contributed by atoms with Gasteiger partial charge in [0.1, 0.15) is 28.2 Å². The molecule has 0 N–H and O–H groups in total. The Labute approximate surface area is 888 Å². The Morgan fingerprint density at radius 1 is 0.252 bits per heavy atom. The number of nitrogens with zero attached hydrogens (tertiary/aromatic N) is 4. The van der Waals surface area contributed by atoms with Crippen LogP contribution in [0.4, 0.5) is 0 Å². The molecular formula is C139H166N4Si4+4. The van der Waals surface area contributed by atoms with E-state index >= 15 is 0 Å². The van der Waals surface area contributed by atoms with E-state index in [9.17, 15) is 0 Å². The van der Waals surface area contributed by atoms with Crippen molar-refractivity contribution in [3.8, 4) is 89.5 Å². The highest BCUT2D eigenvalue weighted by Crippen LogP contribution is 2.44. The third kappa shape index (κ3) is 23.7. The van der Waals surface area contributed by atoms with E-state index in [4.69, 9.17) is 0 Å². The van der Waals surface area contributed by atoms with Crippen LogP contribution in [0.5, 0.6) is 0 Å². The van der Waals surface area contributed by atoms with Crippen LogP contribution in [0.2, 0.25) is 63.5 Å². The molecule has 4 aromatic heterocycles. The summed E-state index contributed by atoms with van der Waals surface area (Å²) < 4.78 is 9.14. The first-order valence-electron chi connectivity index (χ1n) is 54.1. The summed E-state index contributed by atoms with van der Waals surface area (Å²) in [6, 6.07) is 121. The molecule has 0 saturated heterocycles. The molecule has 754 valence electrons. The Balaban J connectivity index is 0.000000147. The van der Waals surface area contributed by atoms with E-state index in [2.05, 4.69) is 573 Å². The first-order valence-corrected chi connectivity index (χ1v) is 66.1. The maximum absolute atomic E-state index is 2.58. The number of fused-ring (bicyclic) bond motifs is 4. The van der Waals surface area contributed by atoms with Gasteiger partial charge in [-0.25, -0.2) is 18.3 Å². The quantitative estimate of drug-likeness (QED) is 0.0448. The molecular weight excluding hydrogens is 1840 g/mol. The van der Waals surface area contributed by atoms with Gasteiger partial charge >= 0.3 is 0 Å². The number of hydrogen-bond donors (Lipinski definition) is 0. The van der Waals surface area contributed by atoms with Crippen LogP contribution in [0, 0.1) is 106 Å². The fourth-order valence-electron chi connectivity index (χ4n) is 25.0. The van der Waals surface area contributed by atoms with Gasteiger partial charge in [-0.1, -0.05) is 390 Å². The summed E-state index contributed by atoms with van der Waals surface area (Å²) in [6.07, 6.45) is 8.92. The minimum absolute atomic E-state index is 0.115. The maximum atomic E-state index is 2.58. The highest BCUT2D eigenvalue weighted by Gasteiger charge is 2.43. The Hall–Kier alpha value is -12.4. The summed E-state index contributed by atoms with van der Waals surface area (Å²) in [5.41, 5.74) is 40.1. The highest BCUT2D eigenvalue weighted by molar-refractivity contribution is 6.93. The fraction of sp³-hybridized carbons (Fsp3) is 0.309. The van der Waals surface area contributed by atoms with Crippen LogP contribution < -0.4 is 39.0 Å². The molecule has 0 spiro atoms. The van der Waals surface area contributed by atoms with E-state index in [1.165, 1.54) is 245 Å². The van der Waals surface area contributed by atoms with Crippen molar-refractivity contribution in [2.75, 3.05) is 0 Å². The van der Waals surface area contributed by atoms with Crippen molar-refractivity contribution in [2.24, 2.45) is 51.4 Å². The summed E-state index contributed by atoms with van der Waals surface area (Å²) in [5.74, 6) is 2.19. The molecule has 18 aromatic rings. The number of aromatic nitrogens is 4. The Morgan fingerprint density at radius 3 is 0.789 bits per heavy atom. The molecule has 14 aromatic carbocycles. The van der Waals surface area contributed by atoms with Crippen LogP contribution in [0.15, 0.2) is 328 Å². The average molecular weight is 2010 g/mol. The zero-order valence-corrected chi connectivity index (χ0v) is 99.2. The summed E-state index contributed by atoms with van der Waals surface area (Å²) in [5, 5.41) is 17.0. The van der Waals surface area contributed by atoms with Gasteiger partial charge in [0.25, 0.3) is 0 Å². The topological polar surface area (TPSA) is 15.5 Å². The molecule has 18 rings (SSSR count). The zero-order chi connectivity index (χ0) is 106. The third-order valence-electron chi connectivity index (χ3n) is 32.4.